The smallest absolute Gasteiger partial charge is 0.165 e. The number of benzene rings is 1. The Morgan fingerprint density at radius 2 is 1.91 bits per heavy atom. The largest absolute Gasteiger partial charge is 0.393 e. The Balaban J connectivity index is 1.62. The highest BCUT2D eigenvalue weighted by molar-refractivity contribution is 6.01. The van der Waals surface area contributed by atoms with Crippen molar-refractivity contribution in [3.8, 4) is 11.8 Å². The molecule has 0 saturated heterocycles. The van der Waals surface area contributed by atoms with E-state index < -0.39 is 5.82 Å². The summed E-state index contributed by atoms with van der Waals surface area (Å²) in [6.45, 7) is 4.22. The van der Waals surface area contributed by atoms with Gasteiger partial charge in [-0.05, 0) is 74.5 Å². The highest BCUT2D eigenvalue weighted by Gasteiger charge is 2.39. The van der Waals surface area contributed by atoms with Gasteiger partial charge < -0.3 is 15.0 Å². The summed E-state index contributed by atoms with van der Waals surface area (Å²) in [4.78, 5) is 13.1. The van der Waals surface area contributed by atoms with E-state index in [-0.39, 0.29) is 28.9 Å². The molecule has 32 heavy (non-hydrogen) atoms. The number of Topliss-reactive ketones (excluding diaryl/α,β-unsaturated/α-hetero) is 1. The van der Waals surface area contributed by atoms with E-state index in [9.17, 15) is 15.2 Å². The van der Waals surface area contributed by atoms with Gasteiger partial charge >= 0.3 is 0 Å². The third-order valence-electron chi connectivity index (χ3n) is 7.38. The number of aliphatic hydroxyl groups is 1. The van der Waals surface area contributed by atoms with Gasteiger partial charge in [0, 0.05) is 29.4 Å². The van der Waals surface area contributed by atoms with Crippen LogP contribution in [-0.4, -0.2) is 27.6 Å². The van der Waals surface area contributed by atoms with Crippen molar-refractivity contribution in [3.05, 3.63) is 46.0 Å². The number of nitrogens with one attached hydrogen (secondary N) is 1. The topological polar surface area (TPSA) is 78.0 Å². The van der Waals surface area contributed by atoms with E-state index in [0.717, 1.165) is 61.0 Å². The summed E-state index contributed by atoms with van der Waals surface area (Å²) in [6, 6.07) is 5.44. The average Bonchev–Trinajstić information content (AvgIpc) is 3.28. The Hall–Kier alpha value is -2.65. The van der Waals surface area contributed by atoms with Crippen LogP contribution in [0.15, 0.2) is 12.1 Å². The molecular weight excluding hydrogens is 405 g/mol. The summed E-state index contributed by atoms with van der Waals surface area (Å²) < 4.78 is 17.3. The van der Waals surface area contributed by atoms with Crippen LogP contribution in [0.25, 0.3) is 5.69 Å². The first-order valence-electron chi connectivity index (χ1n) is 11.7. The van der Waals surface area contributed by atoms with Gasteiger partial charge in [0.2, 0.25) is 0 Å². The highest BCUT2D eigenvalue weighted by Crippen LogP contribution is 2.43. The van der Waals surface area contributed by atoms with Crippen molar-refractivity contribution < 1.29 is 14.3 Å². The van der Waals surface area contributed by atoms with Crippen molar-refractivity contribution in [2.75, 3.05) is 5.32 Å². The molecule has 5 rings (SSSR count). The minimum atomic E-state index is -0.543. The van der Waals surface area contributed by atoms with Gasteiger partial charge in [-0.3, -0.25) is 4.79 Å². The lowest BCUT2D eigenvalue weighted by Gasteiger charge is -2.31. The van der Waals surface area contributed by atoms with E-state index in [0.29, 0.717) is 30.6 Å². The van der Waals surface area contributed by atoms with Crippen molar-refractivity contribution in [3.63, 3.8) is 0 Å². The Morgan fingerprint density at radius 3 is 2.62 bits per heavy atom. The second kappa shape index (κ2) is 7.74. The SMILES string of the molecule is CC1(C)CC(=O)c2c3c(n(-c4cc(F)c(C#N)c(NC5CCC(O)CC5)c4)c2C1)CCC3. The van der Waals surface area contributed by atoms with Gasteiger partial charge in [0.25, 0.3) is 0 Å². The monoisotopic (exact) mass is 435 g/mol. The zero-order valence-corrected chi connectivity index (χ0v) is 18.8. The van der Waals surface area contributed by atoms with E-state index in [4.69, 9.17) is 0 Å². The molecule has 2 N–H and O–H groups in total. The quantitative estimate of drug-likeness (QED) is 0.723. The van der Waals surface area contributed by atoms with Crippen LogP contribution in [0.3, 0.4) is 0 Å². The fourth-order valence-electron chi connectivity index (χ4n) is 5.93. The molecule has 1 fully saturated rings. The Labute approximate surface area is 188 Å². The number of nitrogens with zero attached hydrogens (tertiary/aromatic N) is 2. The van der Waals surface area contributed by atoms with Crippen LogP contribution in [0.2, 0.25) is 0 Å². The second-order valence-electron chi connectivity index (χ2n) is 10.5. The molecule has 3 aliphatic rings. The molecule has 0 unspecified atom stereocenters. The Morgan fingerprint density at radius 1 is 1.16 bits per heavy atom. The Bertz CT molecular complexity index is 1130. The first-order valence-corrected chi connectivity index (χ1v) is 11.7. The molecule has 1 aromatic carbocycles. The van der Waals surface area contributed by atoms with Crippen LogP contribution < -0.4 is 5.32 Å². The summed E-state index contributed by atoms with van der Waals surface area (Å²) in [6.07, 6.45) is 6.79. The van der Waals surface area contributed by atoms with Gasteiger partial charge in [-0.1, -0.05) is 13.8 Å². The van der Waals surface area contributed by atoms with Crippen LogP contribution in [0.4, 0.5) is 10.1 Å². The van der Waals surface area contributed by atoms with Crippen molar-refractivity contribution in [1.82, 2.24) is 4.57 Å². The predicted octanol–water partition coefficient (Wildman–Crippen LogP) is 4.85. The van der Waals surface area contributed by atoms with Crippen molar-refractivity contribution >= 4 is 11.5 Å². The lowest BCUT2D eigenvalue weighted by molar-refractivity contribution is 0.0910. The normalized spacial score (nSPS) is 24.0. The molecule has 6 heteroatoms. The van der Waals surface area contributed by atoms with Crippen LogP contribution >= 0.6 is 0 Å². The van der Waals surface area contributed by atoms with Gasteiger partial charge in [-0.15, -0.1) is 0 Å². The number of hydrogen-bond acceptors (Lipinski definition) is 4. The van der Waals surface area contributed by atoms with Gasteiger partial charge in [-0.2, -0.15) is 5.26 Å². The molecule has 0 bridgehead atoms. The first-order chi connectivity index (χ1) is 15.3. The molecule has 0 atom stereocenters. The molecule has 0 spiro atoms. The third-order valence-corrected chi connectivity index (χ3v) is 7.38. The van der Waals surface area contributed by atoms with E-state index in [1.165, 1.54) is 6.07 Å². The van der Waals surface area contributed by atoms with E-state index >= 15 is 4.39 Å². The minimum absolute atomic E-state index is 0.0222. The molecule has 0 aliphatic heterocycles. The Kier molecular flexibility index (Phi) is 5.13. The number of aromatic nitrogens is 1. The van der Waals surface area contributed by atoms with Crippen molar-refractivity contribution in [2.24, 2.45) is 5.41 Å². The summed E-state index contributed by atoms with van der Waals surface area (Å²) >= 11 is 0. The van der Waals surface area contributed by atoms with Crippen LogP contribution in [0.5, 0.6) is 0 Å². The fourth-order valence-corrected chi connectivity index (χ4v) is 5.93. The molecule has 1 heterocycles. The first kappa shape index (κ1) is 21.2. The van der Waals surface area contributed by atoms with E-state index in [1.807, 2.05) is 12.1 Å². The molecule has 5 nitrogen and oxygen atoms in total. The number of ketones is 1. The van der Waals surface area contributed by atoms with Crippen LogP contribution in [-0.2, 0) is 19.3 Å². The zero-order valence-electron chi connectivity index (χ0n) is 18.8. The summed E-state index contributed by atoms with van der Waals surface area (Å²) in [7, 11) is 0. The van der Waals surface area contributed by atoms with Gasteiger partial charge in [0.1, 0.15) is 17.4 Å². The molecule has 3 aliphatic carbocycles. The standard InChI is InChI=1S/C26H30FN3O2/c1-26(2)12-23-25(24(32)13-26)18-4-3-5-22(18)30(23)16-10-20(27)19(14-28)21(11-16)29-15-6-8-17(31)9-7-15/h10-11,15,17,29,31H,3-9,12-13H2,1-2H3. The zero-order chi connectivity index (χ0) is 22.6. The molecule has 1 aromatic heterocycles. The number of rotatable bonds is 3. The van der Waals surface area contributed by atoms with Crippen molar-refractivity contribution in [2.45, 2.75) is 83.8 Å². The van der Waals surface area contributed by atoms with Crippen LogP contribution in [0, 0.1) is 22.6 Å². The minimum Gasteiger partial charge on any atom is -0.393 e. The van der Waals surface area contributed by atoms with Crippen molar-refractivity contribution in [1.29, 1.82) is 5.26 Å². The van der Waals surface area contributed by atoms with E-state index in [1.54, 1.807) is 0 Å². The second-order valence-corrected chi connectivity index (χ2v) is 10.5. The number of nitriles is 1. The highest BCUT2D eigenvalue weighted by atomic mass is 19.1. The fraction of sp³-hybridized carbons (Fsp3) is 0.538. The molecular formula is C26H30FN3O2. The molecule has 168 valence electrons. The van der Waals surface area contributed by atoms with E-state index in [2.05, 4.69) is 23.7 Å². The van der Waals surface area contributed by atoms with Crippen LogP contribution in [0.1, 0.15) is 85.2 Å². The van der Waals surface area contributed by atoms with Gasteiger partial charge in [0.15, 0.2) is 5.78 Å². The summed E-state index contributed by atoms with van der Waals surface area (Å²) in [5, 5.41) is 22.8. The number of halogens is 1. The maximum Gasteiger partial charge on any atom is 0.165 e. The summed E-state index contributed by atoms with van der Waals surface area (Å²) in [5.74, 6) is -0.347. The number of carbonyl (C=O) groups excluding carboxylic acids is 1. The lowest BCUT2D eigenvalue weighted by atomic mass is 9.75. The van der Waals surface area contributed by atoms with Gasteiger partial charge in [0.05, 0.1) is 17.5 Å². The maximum atomic E-state index is 15.1. The number of fused-ring (bicyclic) bond motifs is 3. The van der Waals surface area contributed by atoms with Gasteiger partial charge in [-0.25, -0.2) is 4.39 Å². The summed E-state index contributed by atoms with van der Waals surface area (Å²) in [5.41, 5.74) is 5.18. The maximum absolute atomic E-state index is 15.1. The number of aliphatic hydroxyl groups excluding tert-OH is 1. The third kappa shape index (κ3) is 3.53. The number of anilines is 1. The molecule has 1 saturated carbocycles. The lowest BCUT2D eigenvalue weighted by Crippen LogP contribution is -2.29. The number of carbonyl (C=O) groups is 1. The molecule has 0 radical (unpaired) electrons. The average molecular weight is 436 g/mol. The molecule has 0 amide bonds. The number of hydrogen-bond donors (Lipinski definition) is 2. The predicted molar refractivity (Wildman–Crippen MR) is 121 cm³/mol. The molecule has 2 aromatic rings.